The number of halogens is 3. The highest BCUT2D eigenvalue weighted by molar-refractivity contribution is 5.94. The Bertz CT molecular complexity index is 888. The largest absolute Gasteiger partial charge is 0.573 e. The third kappa shape index (κ3) is 6.37. The molecular weight excluding hydrogens is 397 g/mol. The van der Waals surface area contributed by atoms with Gasteiger partial charge in [0.2, 0.25) is 5.91 Å². The molecule has 0 aliphatic carbocycles. The van der Waals surface area contributed by atoms with E-state index in [9.17, 15) is 22.8 Å². The lowest BCUT2D eigenvalue weighted by atomic mass is 10.0. The van der Waals surface area contributed by atoms with Crippen molar-refractivity contribution in [1.29, 1.82) is 0 Å². The van der Waals surface area contributed by atoms with Crippen LogP contribution in [0.25, 0.3) is 6.08 Å². The predicted octanol–water partition coefficient (Wildman–Crippen LogP) is 4.02. The topological polar surface area (TPSA) is 58.6 Å². The molecule has 1 aliphatic heterocycles. The van der Waals surface area contributed by atoms with Crippen molar-refractivity contribution in [3.63, 3.8) is 0 Å². The van der Waals surface area contributed by atoms with Crippen LogP contribution in [0.5, 0.6) is 5.75 Å². The second-order valence-corrected chi connectivity index (χ2v) is 6.89. The molecule has 2 aromatic rings. The number of nitrogens with one attached hydrogen (secondary N) is 1. The normalized spacial score (nSPS) is 15.2. The number of ether oxygens (including phenoxy) is 1. The van der Waals surface area contributed by atoms with Gasteiger partial charge in [-0.05, 0) is 48.7 Å². The maximum atomic E-state index is 12.4. The Balaban J connectivity index is 1.46. The van der Waals surface area contributed by atoms with Gasteiger partial charge < -0.3 is 15.0 Å². The first kappa shape index (κ1) is 21.4. The van der Waals surface area contributed by atoms with E-state index in [1.165, 1.54) is 30.3 Å². The Morgan fingerprint density at radius 2 is 1.63 bits per heavy atom. The highest BCUT2D eigenvalue weighted by Crippen LogP contribution is 2.23. The lowest BCUT2D eigenvalue weighted by Crippen LogP contribution is -2.46. The molecule has 1 fully saturated rings. The van der Waals surface area contributed by atoms with Gasteiger partial charge in [-0.1, -0.05) is 30.3 Å². The molecule has 0 atom stereocenters. The van der Waals surface area contributed by atoms with E-state index in [0.29, 0.717) is 37.1 Å². The van der Waals surface area contributed by atoms with Crippen molar-refractivity contribution < 1.29 is 27.5 Å². The number of hydrogen-bond acceptors (Lipinski definition) is 3. The quantitative estimate of drug-likeness (QED) is 0.747. The van der Waals surface area contributed by atoms with Crippen LogP contribution in [-0.2, 0) is 4.79 Å². The number of hydrogen-bond donors (Lipinski definition) is 1. The first-order valence-corrected chi connectivity index (χ1v) is 9.49. The van der Waals surface area contributed by atoms with E-state index in [4.69, 9.17) is 0 Å². The molecule has 8 heteroatoms. The summed E-state index contributed by atoms with van der Waals surface area (Å²) in [5.74, 6) is -0.623. The number of alkyl halides is 3. The van der Waals surface area contributed by atoms with Gasteiger partial charge in [-0.2, -0.15) is 0 Å². The van der Waals surface area contributed by atoms with Gasteiger partial charge in [-0.15, -0.1) is 13.2 Å². The van der Waals surface area contributed by atoms with Crippen molar-refractivity contribution in [2.24, 2.45) is 0 Å². The summed E-state index contributed by atoms with van der Waals surface area (Å²) >= 11 is 0. The van der Waals surface area contributed by atoms with Gasteiger partial charge in [0.05, 0.1) is 0 Å². The summed E-state index contributed by atoms with van der Waals surface area (Å²) in [4.78, 5) is 26.3. The third-order valence-electron chi connectivity index (χ3n) is 4.71. The second-order valence-electron chi connectivity index (χ2n) is 6.89. The summed E-state index contributed by atoms with van der Waals surface area (Å²) in [5.41, 5.74) is 1.19. The van der Waals surface area contributed by atoms with E-state index in [-0.39, 0.29) is 23.6 Å². The van der Waals surface area contributed by atoms with Crippen LogP contribution in [0.1, 0.15) is 28.8 Å². The van der Waals surface area contributed by atoms with Crippen LogP contribution >= 0.6 is 0 Å². The van der Waals surface area contributed by atoms with Crippen molar-refractivity contribution in [3.8, 4) is 5.75 Å². The van der Waals surface area contributed by atoms with E-state index >= 15 is 0 Å². The van der Waals surface area contributed by atoms with Gasteiger partial charge in [-0.25, -0.2) is 0 Å². The minimum absolute atomic E-state index is 0.00640. The number of nitrogens with zero attached hydrogens (tertiary/aromatic N) is 1. The molecule has 1 saturated heterocycles. The molecule has 0 radical (unpaired) electrons. The average Bonchev–Trinajstić information content (AvgIpc) is 2.73. The summed E-state index contributed by atoms with van der Waals surface area (Å²) < 4.78 is 40.3. The van der Waals surface area contributed by atoms with E-state index in [1.54, 1.807) is 35.2 Å². The summed E-state index contributed by atoms with van der Waals surface area (Å²) in [7, 11) is 0. The monoisotopic (exact) mass is 418 g/mol. The predicted molar refractivity (Wildman–Crippen MR) is 106 cm³/mol. The molecule has 0 aromatic heterocycles. The molecule has 1 N–H and O–H groups in total. The second kappa shape index (κ2) is 9.47. The number of benzene rings is 2. The minimum atomic E-state index is -4.74. The van der Waals surface area contributed by atoms with Crippen LogP contribution in [-0.4, -0.2) is 42.2 Å². The summed E-state index contributed by atoms with van der Waals surface area (Å²) in [6, 6.07) is 14.2. The molecule has 0 unspecified atom stereocenters. The summed E-state index contributed by atoms with van der Waals surface area (Å²) in [6.45, 7) is 1.03. The molecule has 5 nitrogen and oxygen atoms in total. The fourth-order valence-electron chi connectivity index (χ4n) is 3.16. The Morgan fingerprint density at radius 1 is 1.00 bits per heavy atom. The van der Waals surface area contributed by atoms with Crippen LogP contribution < -0.4 is 10.1 Å². The van der Waals surface area contributed by atoms with Crippen LogP contribution in [0.4, 0.5) is 13.2 Å². The third-order valence-corrected chi connectivity index (χ3v) is 4.71. The molecule has 1 heterocycles. The van der Waals surface area contributed by atoms with Gasteiger partial charge in [0.15, 0.2) is 0 Å². The zero-order valence-electron chi connectivity index (χ0n) is 16.1. The SMILES string of the molecule is O=C(NC1CCN(C(=O)/C=C/c2ccc(OC(F)(F)F)cc2)CC1)c1ccccc1. The van der Waals surface area contributed by atoms with Gasteiger partial charge in [0.25, 0.3) is 5.91 Å². The highest BCUT2D eigenvalue weighted by Gasteiger charge is 2.31. The van der Waals surface area contributed by atoms with E-state index in [2.05, 4.69) is 10.1 Å². The first-order chi connectivity index (χ1) is 14.3. The summed E-state index contributed by atoms with van der Waals surface area (Å²) in [5, 5.41) is 2.99. The number of amides is 2. The lowest BCUT2D eigenvalue weighted by molar-refractivity contribution is -0.274. The van der Waals surface area contributed by atoms with E-state index < -0.39 is 6.36 Å². The summed E-state index contributed by atoms with van der Waals surface area (Å²) in [6.07, 6.45) is -0.491. The van der Waals surface area contributed by atoms with Crippen LogP contribution in [0.2, 0.25) is 0 Å². The Kier molecular flexibility index (Phi) is 6.76. The van der Waals surface area contributed by atoms with Gasteiger partial charge in [-0.3, -0.25) is 9.59 Å². The van der Waals surface area contributed by atoms with E-state index in [0.717, 1.165) is 0 Å². The molecule has 30 heavy (non-hydrogen) atoms. The average molecular weight is 418 g/mol. The Hall–Kier alpha value is -3.29. The zero-order chi connectivity index (χ0) is 21.6. The van der Waals surface area contributed by atoms with Crippen molar-refractivity contribution >= 4 is 17.9 Å². The molecule has 0 saturated carbocycles. The maximum Gasteiger partial charge on any atom is 0.573 e. The van der Waals surface area contributed by atoms with E-state index in [1.807, 2.05) is 6.07 Å². The first-order valence-electron chi connectivity index (χ1n) is 9.49. The van der Waals surface area contributed by atoms with Crippen molar-refractivity contribution in [1.82, 2.24) is 10.2 Å². The number of rotatable bonds is 5. The minimum Gasteiger partial charge on any atom is -0.406 e. The number of piperidine rings is 1. The standard InChI is InChI=1S/C22H21F3N2O3/c23-22(24,25)30-19-9-6-16(7-10-19)8-11-20(28)27-14-12-18(13-15-27)26-21(29)17-4-2-1-3-5-17/h1-11,18H,12-15H2,(H,26,29)/b11-8+. The van der Waals surface area contributed by atoms with Crippen LogP contribution in [0.3, 0.4) is 0 Å². The number of likely N-dealkylation sites (tertiary alicyclic amines) is 1. The molecule has 2 aromatic carbocycles. The molecular formula is C22H21F3N2O3. The van der Waals surface area contributed by atoms with Crippen molar-refractivity contribution in [3.05, 3.63) is 71.8 Å². The molecule has 158 valence electrons. The lowest BCUT2D eigenvalue weighted by Gasteiger charge is -2.31. The molecule has 3 rings (SSSR count). The van der Waals surface area contributed by atoms with Gasteiger partial charge >= 0.3 is 6.36 Å². The molecule has 0 bridgehead atoms. The Morgan fingerprint density at radius 3 is 2.23 bits per heavy atom. The van der Waals surface area contributed by atoms with Crippen molar-refractivity contribution in [2.75, 3.05) is 13.1 Å². The smallest absolute Gasteiger partial charge is 0.406 e. The van der Waals surface area contributed by atoms with Gasteiger partial charge in [0, 0.05) is 30.8 Å². The number of carbonyl (C=O) groups is 2. The highest BCUT2D eigenvalue weighted by atomic mass is 19.4. The fourth-order valence-corrected chi connectivity index (χ4v) is 3.16. The van der Waals surface area contributed by atoms with Crippen molar-refractivity contribution in [2.45, 2.75) is 25.2 Å². The molecule has 1 aliphatic rings. The number of carbonyl (C=O) groups excluding carboxylic acids is 2. The molecule has 0 spiro atoms. The maximum absolute atomic E-state index is 12.4. The van der Waals surface area contributed by atoms with Crippen LogP contribution in [0.15, 0.2) is 60.7 Å². The van der Waals surface area contributed by atoms with Gasteiger partial charge in [0.1, 0.15) is 5.75 Å². The Labute approximate surface area is 172 Å². The van der Waals surface area contributed by atoms with Crippen LogP contribution in [0, 0.1) is 0 Å². The molecule has 2 amide bonds. The fraction of sp³-hybridized carbons (Fsp3) is 0.273. The zero-order valence-corrected chi connectivity index (χ0v) is 16.1.